The van der Waals surface area contributed by atoms with E-state index < -0.39 is 0 Å². The molecule has 1 amide bonds. The number of nitrogens with one attached hydrogen (secondary N) is 1. The lowest BCUT2D eigenvalue weighted by Gasteiger charge is -2.36. The topological polar surface area (TPSA) is 70.3 Å². The highest BCUT2D eigenvalue weighted by Crippen LogP contribution is 2.28. The van der Waals surface area contributed by atoms with Gasteiger partial charge in [-0.05, 0) is 37.3 Å². The highest BCUT2D eigenvalue weighted by atomic mass is 16.5. The minimum absolute atomic E-state index is 0.0413. The molecule has 1 aliphatic heterocycles. The van der Waals surface area contributed by atoms with Crippen molar-refractivity contribution in [2.24, 2.45) is 10.9 Å². The van der Waals surface area contributed by atoms with Crippen molar-refractivity contribution in [1.82, 2.24) is 15.1 Å². The molecule has 1 N–H and O–H groups in total. The molecule has 1 aliphatic carbocycles. The van der Waals surface area contributed by atoms with Gasteiger partial charge in [-0.2, -0.15) is 0 Å². The van der Waals surface area contributed by atoms with Gasteiger partial charge in [0.25, 0.3) is 5.91 Å². The number of carbonyl (C=O) groups is 1. The Morgan fingerprint density at radius 2 is 2.08 bits per heavy atom. The molecule has 0 spiro atoms. The minimum Gasteiger partial charge on any atom is -0.459 e. The Hall–Kier alpha value is -2.02. The number of nitrogens with zero attached hydrogens (tertiary/aromatic N) is 3. The predicted octanol–water partition coefficient (Wildman–Crippen LogP) is 1.43. The second kappa shape index (κ2) is 8.89. The fraction of sp³-hybridized carbons (Fsp3) is 0.667. The van der Waals surface area contributed by atoms with E-state index in [2.05, 4.69) is 15.2 Å². The first-order valence-corrected chi connectivity index (χ1v) is 9.14. The van der Waals surface area contributed by atoms with E-state index in [1.807, 2.05) is 4.90 Å². The van der Waals surface area contributed by atoms with Crippen LogP contribution in [-0.2, 0) is 4.74 Å². The fourth-order valence-electron chi connectivity index (χ4n) is 2.92. The summed E-state index contributed by atoms with van der Waals surface area (Å²) in [5, 5.41) is 3.39. The van der Waals surface area contributed by atoms with Crippen LogP contribution in [0.4, 0.5) is 0 Å². The van der Waals surface area contributed by atoms with E-state index in [1.165, 1.54) is 19.1 Å². The standard InChI is InChI=1S/C18H28N4O3/c1-19-18(20-7-3-12-24-14-15-5-6-15)22-10-8-21(9-11-22)17(23)16-4-2-13-25-16/h2,4,13,15H,3,5-12,14H2,1H3,(H,19,20). The van der Waals surface area contributed by atoms with Crippen molar-refractivity contribution in [2.45, 2.75) is 19.3 Å². The summed E-state index contributed by atoms with van der Waals surface area (Å²) >= 11 is 0. The Kier molecular flexibility index (Phi) is 6.33. The fourth-order valence-corrected chi connectivity index (χ4v) is 2.92. The summed E-state index contributed by atoms with van der Waals surface area (Å²) < 4.78 is 10.8. The average molecular weight is 348 g/mol. The van der Waals surface area contributed by atoms with Crippen LogP contribution in [0.15, 0.2) is 27.8 Å². The molecule has 1 aromatic heterocycles. The molecule has 25 heavy (non-hydrogen) atoms. The third-order valence-electron chi connectivity index (χ3n) is 4.61. The zero-order chi connectivity index (χ0) is 17.5. The highest BCUT2D eigenvalue weighted by Gasteiger charge is 2.25. The lowest BCUT2D eigenvalue weighted by atomic mass is 10.3. The Morgan fingerprint density at radius 3 is 2.72 bits per heavy atom. The summed E-state index contributed by atoms with van der Waals surface area (Å²) in [7, 11) is 1.80. The first-order chi connectivity index (χ1) is 12.3. The Balaban J connectivity index is 1.34. The molecule has 7 heteroatoms. The van der Waals surface area contributed by atoms with E-state index in [-0.39, 0.29) is 5.91 Å². The van der Waals surface area contributed by atoms with Crippen LogP contribution in [-0.4, -0.2) is 74.7 Å². The third-order valence-corrected chi connectivity index (χ3v) is 4.61. The maximum Gasteiger partial charge on any atom is 0.289 e. The highest BCUT2D eigenvalue weighted by molar-refractivity contribution is 5.91. The molecule has 0 radical (unpaired) electrons. The molecule has 0 bridgehead atoms. The Morgan fingerprint density at radius 1 is 1.32 bits per heavy atom. The van der Waals surface area contributed by atoms with Crippen molar-refractivity contribution >= 4 is 11.9 Å². The van der Waals surface area contributed by atoms with Crippen LogP contribution >= 0.6 is 0 Å². The minimum atomic E-state index is -0.0413. The van der Waals surface area contributed by atoms with Gasteiger partial charge in [0.05, 0.1) is 6.26 Å². The SMILES string of the molecule is CN=C(NCCCOCC1CC1)N1CCN(C(=O)c2ccco2)CC1. The van der Waals surface area contributed by atoms with Gasteiger partial charge in [0, 0.05) is 53.0 Å². The third kappa shape index (κ3) is 5.22. The number of guanidine groups is 1. The average Bonchev–Trinajstić information content (AvgIpc) is 3.31. The van der Waals surface area contributed by atoms with Gasteiger partial charge < -0.3 is 24.3 Å². The first kappa shape index (κ1) is 17.8. The molecule has 0 unspecified atom stereocenters. The van der Waals surface area contributed by atoms with E-state index in [0.29, 0.717) is 18.8 Å². The number of hydrogen-bond acceptors (Lipinski definition) is 4. The van der Waals surface area contributed by atoms with Gasteiger partial charge in [0.15, 0.2) is 11.7 Å². The van der Waals surface area contributed by atoms with Crippen molar-refractivity contribution in [3.8, 4) is 0 Å². The molecule has 1 saturated heterocycles. The Labute approximate surface area is 149 Å². The van der Waals surface area contributed by atoms with Gasteiger partial charge in [0.2, 0.25) is 0 Å². The van der Waals surface area contributed by atoms with E-state index >= 15 is 0 Å². The molecule has 0 aromatic carbocycles. The maximum atomic E-state index is 12.3. The smallest absolute Gasteiger partial charge is 0.289 e. The van der Waals surface area contributed by atoms with Gasteiger partial charge in [-0.1, -0.05) is 0 Å². The van der Waals surface area contributed by atoms with Crippen molar-refractivity contribution in [3.63, 3.8) is 0 Å². The van der Waals surface area contributed by atoms with Gasteiger partial charge >= 0.3 is 0 Å². The largest absolute Gasteiger partial charge is 0.459 e. The van der Waals surface area contributed by atoms with Crippen LogP contribution in [0.3, 0.4) is 0 Å². The molecule has 2 fully saturated rings. The number of aliphatic imine (C=N–C) groups is 1. The molecule has 7 nitrogen and oxygen atoms in total. The Bertz CT molecular complexity index is 561. The van der Waals surface area contributed by atoms with Crippen molar-refractivity contribution in [1.29, 1.82) is 0 Å². The molecule has 2 aliphatic rings. The lowest BCUT2D eigenvalue weighted by Crippen LogP contribution is -2.53. The van der Waals surface area contributed by atoms with Gasteiger partial charge in [0.1, 0.15) is 0 Å². The normalized spacial score (nSPS) is 18.5. The zero-order valence-electron chi connectivity index (χ0n) is 14.9. The molecular weight excluding hydrogens is 320 g/mol. The maximum absolute atomic E-state index is 12.3. The molecular formula is C18H28N4O3. The van der Waals surface area contributed by atoms with Gasteiger partial charge in [-0.3, -0.25) is 9.79 Å². The lowest BCUT2D eigenvalue weighted by molar-refractivity contribution is 0.0657. The predicted molar refractivity (Wildman–Crippen MR) is 95.7 cm³/mol. The van der Waals surface area contributed by atoms with Crippen molar-refractivity contribution in [2.75, 3.05) is 53.0 Å². The number of amides is 1. The summed E-state index contributed by atoms with van der Waals surface area (Å²) in [6.07, 6.45) is 5.17. The van der Waals surface area contributed by atoms with Crippen LogP contribution in [0.25, 0.3) is 0 Å². The summed E-state index contributed by atoms with van der Waals surface area (Å²) in [5.41, 5.74) is 0. The van der Waals surface area contributed by atoms with Crippen LogP contribution in [0.2, 0.25) is 0 Å². The summed E-state index contributed by atoms with van der Waals surface area (Å²) in [6.45, 7) is 5.44. The van der Waals surface area contributed by atoms with E-state index in [4.69, 9.17) is 9.15 Å². The quantitative estimate of drug-likeness (QED) is 0.459. The molecule has 1 saturated carbocycles. The monoisotopic (exact) mass is 348 g/mol. The second-order valence-corrected chi connectivity index (χ2v) is 6.60. The van der Waals surface area contributed by atoms with Crippen LogP contribution in [0.5, 0.6) is 0 Å². The second-order valence-electron chi connectivity index (χ2n) is 6.60. The molecule has 2 heterocycles. The molecule has 138 valence electrons. The zero-order valence-corrected chi connectivity index (χ0v) is 14.9. The van der Waals surface area contributed by atoms with Gasteiger partial charge in [-0.25, -0.2) is 0 Å². The summed E-state index contributed by atoms with van der Waals surface area (Å²) in [5.74, 6) is 2.08. The number of rotatable bonds is 7. The number of piperazine rings is 1. The summed E-state index contributed by atoms with van der Waals surface area (Å²) in [4.78, 5) is 20.7. The van der Waals surface area contributed by atoms with Crippen LogP contribution in [0.1, 0.15) is 29.8 Å². The number of hydrogen-bond donors (Lipinski definition) is 1. The molecule has 1 aromatic rings. The number of furan rings is 1. The van der Waals surface area contributed by atoms with Crippen molar-refractivity contribution < 1.29 is 13.9 Å². The first-order valence-electron chi connectivity index (χ1n) is 9.14. The molecule has 0 atom stereocenters. The van der Waals surface area contributed by atoms with Crippen molar-refractivity contribution in [3.05, 3.63) is 24.2 Å². The number of carbonyl (C=O) groups excluding carboxylic acids is 1. The van der Waals surface area contributed by atoms with E-state index in [1.54, 1.807) is 19.2 Å². The van der Waals surface area contributed by atoms with Crippen LogP contribution < -0.4 is 5.32 Å². The van der Waals surface area contributed by atoms with Gasteiger partial charge in [-0.15, -0.1) is 0 Å². The summed E-state index contributed by atoms with van der Waals surface area (Å²) in [6, 6.07) is 3.45. The number of ether oxygens (including phenoxy) is 1. The van der Waals surface area contributed by atoms with E-state index in [0.717, 1.165) is 51.1 Å². The van der Waals surface area contributed by atoms with Crippen LogP contribution in [0, 0.1) is 5.92 Å². The molecule has 3 rings (SSSR count). The van der Waals surface area contributed by atoms with E-state index in [9.17, 15) is 4.79 Å².